The predicted octanol–water partition coefficient (Wildman–Crippen LogP) is 2.78. The van der Waals surface area contributed by atoms with Crippen molar-refractivity contribution in [2.45, 2.75) is 48.8 Å². The second-order valence-corrected chi connectivity index (χ2v) is 8.32. The summed E-state index contributed by atoms with van der Waals surface area (Å²) in [6.07, 6.45) is 8.14. The van der Waals surface area contributed by atoms with Crippen molar-refractivity contribution in [2.75, 3.05) is 0 Å². The minimum absolute atomic E-state index is 0.0243. The second kappa shape index (κ2) is 5.74. The molecule has 1 aliphatic heterocycles. The van der Waals surface area contributed by atoms with Gasteiger partial charge in [0, 0.05) is 0 Å². The van der Waals surface area contributed by atoms with Crippen LogP contribution in [0.3, 0.4) is 0 Å². The Labute approximate surface area is 114 Å². The molecule has 1 saturated heterocycles. The van der Waals surface area contributed by atoms with Crippen LogP contribution in [0.1, 0.15) is 32.1 Å². The van der Waals surface area contributed by atoms with Crippen molar-refractivity contribution in [3.05, 3.63) is 30.3 Å². The first-order chi connectivity index (χ1) is 8.42. The average Bonchev–Trinajstić information content (AvgIpc) is 2.80. The zero-order chi connectivity index (χ0) is 11.5. The Morgan fingerprint density at radius 2 is 1.94 bits per heavy atom. The molecule has 1 aliphatic carbocycles. The Morgan fingerprint density at radius 1 is 1.12 bits per heavy atom. The quantitative estimate of drug-likeness (QED) is 0.767. The Kier molecular flexibility index (Phi) is 4.06. The van der Waals surface area contributed by atoms with Crippen molar-refractivity contribution < 1.29 is 4.74 Å². The fraction of sp³-hybridized carbons (Fsp3) is 0.600. The van der Waals surface area contributed by atoms with Crippen LogP contribution in [0.4, 0.5) is 0 Å². The fourth-order valence-corrected chi connectivity index (χ4v) is 5.77. The third-order valence-corrected chi connectivity index (χ3v) is 7.22. The van der Waals surface area contributed by atoms with Gasteiger partial charge in [-0.05, 0) is 0 Å². The Bertz CT molecular complexity index is 337. The SMILES string of the molecule is c1ccc([Te]CC2CC3CCCCC3O2)cc1. The van der Waals surface area contributed by atoms with Crippen molar-refractivity contribution in [3.63, 3.8) is 0 Å². The molecule has 0 aromatic heterocycles. The maximum absolute atomic E-state index is 6.22. The van der Waals surface area contributed by atoms with Gasteiger partial charge < -0.3 is 0 Å². The summed E-state index contributed by atoms with van der Waals surface area (Å²) in [6, 6.07) is 11.0. The summed E-state index contributed by atoms with van der Waals surface area (Å²) in [4.78, 5) is 0. The summed E-state index contributed by atoms with van der Waals surface area (Å²) >= 11 is -0.0243. The molecule has 1 nitrogen and oxygen atoms in total. The summed E-state index contributed by atoms with van der Waals surface area (Å²) in [5.74, 6) is 0.900. The molecule has 17 heavy (non-hydrogen) atoms. The van der Waals surface area contributed by atoms with E-state index in [1.165, 1.54) is 36.6 Å². The first-order valence-corrected chi connectivity index (χ1v) is 9.56. The van der Waals surface area contributed by atoms with E-state index in [1.807, 2.05) is 0 Å². The molecule has 92 valence electrons. The van der Waals surface area contributed by atoms with Gasteiger partial charge in [0.05, 0.1) is 0 Å². The van der Waals surface area contributed by atoms with E-state index in [2.05, 4.69) is 30.3 Å². The van der Waals surface area contributed by atoms with E-state index in [1.54, 1.807) is 3.61 Å². The van der Waals surface area contributed by atoms with Crippen LogP contribution in [0.5, 0.6) is 0 Å². The van der Waals surface area contributed by atoms with Gasteiger partial charge in [0.2, 0.25) is 0 Å². The van der Waals surface area contributed by atoms with Crippen molar-refractivity contribution in [2.24, 2.45) is 5.92 Å². The molecular weight excluding hydrogens is 324 g/mol. The van der Waals surface area contributed by atoms with Crippen LogP contribution in [-0.4, -0.2) is 33.1 Å². The van der Waals surface area contributed by atoms with Crippen LogP contribution < -0.4 is 3.61 Å². The van der Waals surface area contributed by atoms with Gasteiger partial charge in [-0.1, -0.05) is 0 Å². The number of hydrogen-bond acceptors (Lipinski definition) is 1. The Morgan fingerprint density at radius 3 is 2.76 bits per heavy atom. The monoisotopic (exact) mass is 346 g/mol. The molecular formula is C15H20OTe. The van der Waals surface area contributed by atoms with Gasteiger partial charge in [-0.15, -0.1) is 0 Å². The third-order valence-electron chi connectivity index (χ3n) is 3.95. The molecule has 1 aromatic rings. The molecule has 2 aliphatic rings. The predicted molar refractivity (Wildman–Crippen MR) is 71.9 cm³/mol. The number of hydrogen-bond donors (Lipinski definition) is 0. The summed E-state index contributed by atoms with van der Waals surface area (Å²) in [6.45, 7) is 0. The van der Waals surface area contributed by atoms with E-state index in [0.29, 0.717) is 12.2 Å². The first kappa shape index (κ1) is 12.0. The molecule has 3 rings (SSSR count). The number of fused-ring (bicyclic) bond motifs is 1. The van der Waals surface area contributed by atoms with E-state index in [9.17, 15) is 0 Å². The summed E-state index contributed by atoms with van der Waals surface area (Å²) in [5, 5.41) is 0. The van der Waals surface area contributed by atoms with E-state index >= 15 is 0 Å². The van der Waals surface area contributed by atoms with E-state index in [4.69, 9.17) is 4.74 Å². The molecule has 0 radical (unpaired) electrons. The fourth-order valence-electron chi connectivity index (χ4n) is 3.08. The van der Waals surface area contributed by atoms with Crippen LogP contribution in [0.2, 0.25) is 4.47 Å². The van der Waals surface area contributed by atoms with Crippen molar-refractivity contribution in [1.29, 1.82) is 0 Å². The van der Waals surface area contributed by atoms with Gasteiger partial charge in [0.1, 0.15) is 0 Å². The van der Waals surface area contributed by atoms with Crippen LogP contribution >= 0.6 is 0 Å². The number of ether oxygens (including phenoxy) is 1. The molecule has 1 aromatic carbocycles. The zero-order valence-corrected chi connectivity index (χ0v) is 12.5. The molecule has 0 N–H and O–H groups in total. The maximum atomic E-state index is 6.22. The molecule has 0 bridgehead atoms. The van der Waals surface area contributed by atoms with Gasteiger partial charge in [0.25, 0.3) is 0 Å². The van der Waals surface area contributed by atoms with Crippen molar-refractivity contribution in [3.8, 4) is 0 Å². The summed E-state index contributed by atoms with van der Waals surface area (Å²) < 4.78 is 9.13. The molecule has 3 atom stereocenters. The van der Waals surface area contributed by atoms with E-state index < -0.39 is 0 Å². The first-order valence-electron chi connectivity index (χ1n) is 6.75. The van der Waals surface area contributed by atoms with Gasteiger partial charge in [-0.25, -0.2) is 0 Å². The van der Waals surface area contributed by atoms with Crippen molar-refractivity contribution in [1.82, 2.24) is 0 Å². The summed E-state index contributed by atoms with van der Waals surface area (Å²) in [5.41, 5.74) is 0. The van der Waals surface area contributed by atoms with Gasteiger partial charge in [-0.2, -0.15) is 0 Å². The molecule has 0 spiro atoms. The standard InChI is InChI=1S/C15H20OTe/c1-2-7-14(8-3-1)17-11-13-10-12-6-4-5-9-15(12)16-13/h1-3,7-8,12-13,15H,4-6,9-11H2. The van der Waals surface area contributed by atoms with Crippen LogP contribution in [-0.2, 0) is 4.74 Å². The third kappa shape index (κ3) is 3.05. The molecule has 1 saturated carbocycles. The Balaban J connectivity index is 1.50. The second-order valence-electron chi connectivity index (χ2n) is 5.20. The normalized spacial score (nSPS) is 32.4. The van der Waals surface area contributed by atoms with E-state index in [0.717, 1.165) is 5.92 Å². The van der Waals surface area contributed by atoms with Crippen LogP contribution in [0, 0.1) is 5.92 Å². The van der Waals surface area contributed by atoms with E-state index in [-0.39, 0.29) is 20.9 Å². The van der Waals surface area contributed by atoms with Crippen LogP contribution in [0.25, 0.3) is 0 Å². The average molecular weight is 344 g/mol. The van der Waals surface area contributed by atoms with Crippen LogP contribution in [0.15, 0.2) is 30.3 Å². The van der Waals surface area contributed by atoms with Gasteiger partial charge in [-0.3, -0.25) is 0 Å². The minimum atomic E-state index is -0.0243. The molecule has 3 unspecified atom stereocenters. The molecule has 1 heterocycles. The molecule has 2 heteroatoms. The van der Waals surface area contributed by atoms with Gasteiger partial charge >= 0.3 is 114 Å². The molecule has 0 amide bonds. The Hall–Kier alpha value is -0.0304. The zero-order valence-electron chi connectivity index (χ0n) is 10.2. The molecule has 2 fully saturated rings. The number of benzene rings is 1. The number of rotatable bonds is 3. The summed E-state index contributed by atoms with van der Waals surface area (Å²) in [7, 11) is 0. The van der Waals surface area contributed by atoms with Crippen molar-refractivity contribution >= 4 is 24.5 Å². The topological polar surface area (TPSA) is 9.23 Å². The van der Waals surface area contributed by atoms with Gasteiger partial charge in [0.15, 0.2) is 0 Å².